The third-order valence-corrected chi connectivity index (χ3v) is 13.0. The van der Waals surface area contributed by atoms with E-state index in [4.69, 9.17) is 33.9 Å². The summed E-state index contributed by atoms with van der Waals surface area (Å²) in [6.07, 6.45) is -3.12. The number of rotatable bonds is 9. The number of Topliss-reactive ketones (excluding diaryl/α,β-unsaturated/α-hetero) is 1. The summed E-state index contributed by atoms with van der Waals surface area (Å²) in [7, 11) is 3.64. The second-order valence-corrected chi connectivity index (χ2v) is 18.3. The number of aliphatic hydroxyl groups is 2. The second kappa shape index (κ2) is 20.3. The molecule has 2 aromatic heterocycles. The third kappa shape index (κ3) is 11.2. The SMILES string of the molecule is CCC(=O)N=C1[C@H](C)C[C@@]2(C)OC/C(=N/OCc3coc(-c4cccc(N)n4)n3)CC[C@H]([C@H]1C)[C@](C)(O)[C@@H](CC)OC(=O)[C@@](C)(F)C(=O)[C@H](C)[C@H]2O[C@@H]1O[C@H](C)C[C@H](N(C)C)[C@H]1O. The summed E-state index contributed by atoms with van der Waals surface area (Å²) >= 11 is 0. The van der Waals surface area contributed by atoms with Gasteiger partial charge in [-0.25, -0.2) is 24.1 Å². The lowest BCUT2D eigenvalue weighted by atomic mass is 9.68. The van der Waals surface area contributed by atoms with Gasteiger partial charge in [0.25, 0.3) is 5.67 Å². The summed E-state index contributed by atoms with van der Waals surface area (Å²) < 4.78 is 48.2. The van der Waals surface area contributed by atoms with Crippen molar-refractivity contribution in [3.63, 3.8) is 0 Å². The summed E-state index contributed by atoms with van der Waals surface area (Å²) in [4.78, 5) is 62.7. The minimum absolute atomic E-state index is 0.0400. The van der Waals surface area contributed by atoms with Crippen LogP contribution in [0.15, 0.2) is 39.0 Å². The number of pyridine rings is 1. The molecule has 0 radical (unpaired) electrons. The Labute approximate surface area is 369 Å². The molecule has 13 atom stereocenters. The number of nitrogens with two attached hydrogens (primary N) is 1. The summed E-state index contributed by atoms with van der Waals surface area (Å²) in [5.41, 5.74) is 0.929. The maximum absolute atomic E-state index is 17.0. The Morgan fingerprint density at radius 1 is 1.10 bits per heavy atom. The lowest BCUT2D eigenvalue weighted by Crippen LogP contribution is -2.61. The number of ketones is 1. The lowest BCUT2D eigenvalue weighted by molar-refractivity contribution is -0.296. The number of oxazole rings is 1. The molecule has 0 spiro atoms. The van der Waals surface area contributed by atoms with Crippen molar-refractivity contribution in [2.24, 2.45) is 33.8 Å². The Kier molecular flexibility index (Phi) is 16.1. The molecule has 1 amide bonds. The highest BCUT2D eigenvalue weighted by Gasteiger charge is 2.56. The minimum Gasteiger partial charge on any atom is -0.457 e. The number of anilines is 1. The number of ether oxygens (including phenoxy) is 4. The molecule has 2 bridgehead atoms. The molecule has 350 valence electrons. The fraction of sp³-hybridized carbons (Fsp3) is 0.711. The van der Waals surface area contributed by atoms with Crippen LogP contribution in [0, 0.1) is 23.7 Å². The van der Waals surface area contributed by atoms with Gasteiger partial charge >= 0.3 is 5.97 Å². The van der Waals surface area contributed by atoms with Crippen LogP contribution in [0.3, 0.4) is 0 Å². The maximum atomic E-state index is 17.0. The van der Waals surface area contributed by atoms with Crippen LogP contribution in [0.1, 0.15) is 107 Å². The van der Waals surface area contributed by atoms with E-state index in [-0.39, 0.29) is 63.2 Å². The number of carbonyl (C=O) groups excluding carboxylic acids is 3. The molecule has 3 aliphatic heterocycles. The molecule has 0 saturated carbocycles. The van der Waals surface area contributed by atoms with Gasteiger partial charge in [0, 0.05) is 30.0 Å². The molecule has 5 rings (SSSR count). The molecule has 3 aliphatic rings. The molecule has 2 aromatic rings. The number of aliphatic imine (C=N–C) groups is 1. The Balaban J connectivity index is 1.67. The highest BCUT2D eigenvalue weighted by molar-refractivity contribution is 6.08. The standard InChI is InChI=1S/C45H67FN6O11/c1-12-33-45(9,57)30-18-17-28(51-60-23-29-21-58-40(48-29)31-15-14-16-34(47)49-31)22-59-43(7,20-24(3)36(26(30)5)50-35(53)13-2)39(27(6)38(55)44(8,46)42(56)62-33)63-41-37(54)32(52(10)11)19-25(4)61-41/h14-16,21,24-27,30,32-33,37,39,41,54,57H,12-13,17-20,22-23H2,1-11H3,(H2,47,49)/b50-36?,51-28+/t24-,25-,26-,27+,30-,32+,33-,37-,39-,41+,43-,44+,45+/m1/s1. The number of carbonyl (C=O) groups is 3. The van der Waals surface area contributed by atoms with Crippen molar-refractivity contribution in [2.75, 3.05) is 26.4 Å². The van der Waals surface area contributed by atoms with Crippen LogP contribution >= 0.6 is 0 Å². The van der Waals surface area contributed by atoms with Gasteiger partial charge in [0.2, 0.25) is 11.8 Å². The number of hydrogen-bond acceptors (Lipinski definition) is 16. The van der Waals surface area contributed by atoms with Gasteiger partial charge in [0.05, 0.1) is 30.1 Å². The first-order chi connectivity index (χ1) is 29.5. The quantitative estimate of drug-likeness (QED) is 0.166. The molecule has 0 unspecified atom stereocenters. The maximum Gasteiger partial charge on any atom is 0.351 e. The summed E-state index contributed by atoms with van der Waals surface area (Å²) in [6.45, 7) is 14.1. The first-order valence-electron chi connectivity index (χ1n) is 22.0. The number of halogens is 1. The van der Waals surface area contributed by atoms with Crippen molar-refractivity contribution in [1.82, 2.24) is 14.9 Å². The Morgan fingerprint density at radius 3 is 2.46 bits per heavy atom. The molecule has 63 heavy (non-hydrogen) atoms. The van der Waals surface area contributed by atoms with Gasteiger partial charge in [0.1, 0.15) is 41.3 Å². The molecule has 18 heteroatoms. The van der Waals surface area contributed by atoms with E-state index < -0.39 is 82.9 Å². The van der Waals surface area contributed by atoms with Crippen LogP contribution in [0.4, 0.5) is 10.2 Å². The Bertz CT molecular complexity index is 1990. The summed E-state index contributed by atoms with van der Waals surface area (Å²) in [6, 6.07) is 4.68. The van der Waals surface area contributed by atoms with Crippen molar-refractivity contribution in [2.45, 2.75) is 161 Å². The van der Waals surface area contributed by atoms with Crippen LogP contribution < -0.4 is 5.73 Å². The number of aliphatic hydroxyl groups excluding tert-OH is 1. The van der Waals surface area contributed by atoms with Crippen LogP contribution in [-0.2, 0) is 44.8 Å². The molecule has 17 nitrogen and oxygen atoms in total. The summed E-state index contributed by atoms with van der Waals surface area (Å²) in [5, 5.41) is 28.8. The highest BCUT2D eigenvalue weighted by atomic mass is 19.1. The predicted octanol–water partition coefficient (Wildman–Crippen LogP) is 5.25. The number of fused-ring (bicyclic) bond motifs is 5. The minimum atomic E-state index is -3.20. The fourth-order valence-corrected chi connectivity index (χ4v) is 9.42. The van der Waals surface area contributed by atoms with E-state index in [0.29, 0.717) is 35.0 Å². The molecular weight excluding hydrogens is 820 g/mol. The van der Waals surface area contributed by atoms with Gasteiger partial charge < -0.3 is 49.0 Å². The fourth-order valence-electron chi connectivity index (χ4n) is 9.42. The number of amides is 1. The molecule has 4 N–H and O–H groups in total. The van der Waals surface area contributed by atoms with Crippen LogP contribution in [-0.4, -0.2) is 128 Å². The molecule has 0 aromatic carbocycles. The van der Waals surface area contributed by atoms with E-state index in [9.17, 15) is 24.6 Å². The van der Waals surface area contributed by atoms with E-state index >= 15 is 4.39 Å². The third-order valence-electron chi connectivity index (χ3n) is 13.0. The van der Waals surface area contributed by atoms with Crippen molar-refractivity contribution >= 4 is 34.9 Å². The molecule has 0 aliphatic carbocycles. The number of aromatic nitrogens is 2. The number of alkyl halides is 1. The van der Waals surface area contributed by atoms with Crippen molar-refractivity contribution in [3.8, 4) is 11.6 Å². The first-order valence-corrected chi connectivity index (χ1v) is 22.0. The van der Waals surface area contributed by atoms with Crippen LogP contribution in [0.2, 0.25) is 0 Å². The predicted molar refractivity (Wildman–Crippen MR) is 231 cm³/mol. The zero-order valence-electron chi connectivity index (χ0n) is 38.5. The van der Waals surface area contributed by atoms with Gasteiger partial charge in [-0.1, -0.05) is 45.8 Å². The van der Waals surface area contributed by atoms with Gasteiger partial charge in [0.15, 0.2) is 18.7 Å². The Hall–Kier alpha value is -4.20. The van der Waals surface area contributed by atoms with Crippen molar-refractivity contribution < 1.29 is 57.2 Å². The lowest BCUT2D eigenvalue weighted by Gasteiger charge is -2.48. The number of cyclic esters (lactones) is 1. The van der Waals surface area contributed by atoms with Crippen molar-refractivity contribution in [1.29, 1.82) is 0 Å². The van der Waals surface area contributed by atoms with Crippen molar-refractivity contribution in [3.05, 3.63) is 30.2 Å². The topological polar surface area (TPSA) is 231 Å². The van der Waals surface area contributed by atoms with E-state index in [0.717, 1.165) is 6.92 Å². The normalized spacial score (nSPS) is 37.6. The number of nitrogen functional groups attached to an aromatic ring is 1. The van der Waals surface area contributed by atoms with E-state index in [1.807, 2.05) is 39.8 Å². The average molecular weight is 887 g/mol. The number of esters is 1. The molecule has 3 fully saturated rings. The van der Waals surface area contributed by atoms with Gasteiger partial charge in [-0.3, -0.25) is 9.59 Å². The zero-order valence-corrected chi connectivity index (χ0v) is 38.5. The van der Waals surface area contributed by atoms with E-state index in [2.05, 4.69) is 20.1 Å². The average Bonchev–Trinajstić information content (AvgIpc) is 3.70. The number of likely N-dealkylation sites (N-methyl/N-ethyl adjacent to an activating group) is 1. The van der Waals surface area contributed by atoms with Gasteiger partial charge in [-0.15, -0.1) is 0 Å². The molecule has 3 saturated heterocycles. The zero-order chi connectivity index (χ0) is 46.6. The number of nitrogens with zero attached hydrogens (tertiary/aromatic N) is 5. The monoisotopic (exact) mass is 886 g/mol. The smallest absolute Gasteiger partial charge is 0.351 e. The largest absolute Gasteiger partial charge is 0.457 e. The summed E-state index contributed by atoms with van der Waals surface area (Å²) in [5.74, 6) is -5.88. The van der Waals surface area contributed by atoms with E-state index in [1.54, 1.807) is 39.0 Å². The number of hydrogen-bond donors (Lipinski definition) is 3. The van der Waals surface area contributed by atoms with Gasteiger partial charge in [-0.05, 0) is 97.9 Å². The number of oxime groups is 1. The molecule has 5 heterocycles. The Morgan fingerprint density at radius 2 is 1.81 bits per heavy atom. The van der Waals surface area contributed by atoms with Gasteiger partial charge in [-0.2, -0.15) is 0 Å². The van der Waals surface area contributed by atoms with E-state index in [1.165, 1.54) is 20.1 Å². The highest BCUT2D eigenvalue weighted by Crippen LogP contribution is 2.43. The first kappa shape index (κ1) is 49.8. The van der Waals surface area contributed by atoms with Crippen LogP contribution in [0.5, 0.6) is 0 Å². The van der Waals surface area contributed by atoms with Crippen LogP contribution in [0.25, 0.3) is 11.6 Å². The second-order valence-electron chi connectivity index (χ2n) is 18.3. The molecular formula is C45H67FN6O11.